The van der Waals surface area contributed by atoms with Crippen LogP contribution in [0.25, 0.3) is 0 Å². The average molecular weight is 305 g/mol. The van der Waals surface area contributed by atoms with Gasteiger partial charge in [-0.3, -0.25) is 9.03 Å². The number of hydrogen-bond acceptors (Lipinski definition) is 4. The van der Waals surface area contributed by atoms with E-state index >= 15 is 0 Å². The SMILES string of the molecule is CNS(=O)(=O)Nc1ccc(N2CCCS2(=O)=O)cc1. The number of hydrogen-bond donors (Lipinski definition) is 2. The maximum absolute atomic E-state index is 11.7. The van der Waals surface area contributed by atoms with Crippen LogP contribution in [0.4, 0.5) is 11.4 Å². The van der Waals surface area contributed by atoms with Gasteiger partial charge < -0.3 is 0 Å². The highest BCUT2D eigenvalue weighted by Crippen LogP contribution is 2.25. The molecule has 1 aliphatic rings. The normalized spacial score (nSPS) is 18.5. The molecule has 0 bridgehead atoms. The molecule has 0 aromatic heterocycles. The van der Waals surface area contributed by atoms with Crippen LogP contribution in [0.15, 0.2) is 24.3 Å². The second kappa shape index (κ2) is 4.99. The predicted molar refractivity (Wildman–Crippen MR) is 73.8 cm³/mol. The molecule has 0 atom stereocenters. The van der Waals surface area contributed by atoms with Crippen LogP contribution in [0.5, 0.6) is 0 Å². The van der Waals surface area contributed by atoms with Crippen LogP contribution in [-0.4, -0.2) is 36.2 Å². The van der Waals surface area contributed by atoms with Gasteiger partial charge in [-0.25, -0.2) is 13.1 Å². The molecule has 0 radical (unpaired) electrons. The predicted octanol–water partition coefficient (Wildman–Crippen LogP) is 0.103. The first kappa shape index (κ1) is 14.1. The molecule has 2 rings (SSSR count). The summed E-state index contributed by atoms with van der Waals surface area (Å²) < 4.78 is 51.8. The van der Waals surface area contributed by atoms with Gasteiger partial charge in [0, 0.05) is 19.3 Å². The molecule has 106 valence electrons. The van der Waals surface area contributed by atoms with Crippen LogP contribution in [-0.2, 0) is 20.2 Å². The van der Waals surface area contributed by atoms with Gasteiger partial charge in [0.1, 0.15) is 0 Å². The number of benzene rings is 1. The molecular weight excluding hydrogens is 290 g/mol. The lowest BCUT2D eigenvalue weighted by Crippen LogP contribution is -2.27. The molecule has 19 heavy (non-hydrogen) atoms. The topological polar surface area (TPSA) is 95.6 Å². The van der Waals surface area contributed by atoms with E-state index in [0.29, 0.717) is 24.3 Å². The largest absolute Gasteiger partial charge is 0.298 e. The summed E-state index contributed by atoms with van der Waals surface area (Å²) in [5.41, 5.74) is 0.916. The van der Waals surface area contributed by atoms with Crippen molar-refractivity contribution in [2.45, 2.75) is 6.42 Å². The van der Waals surface area contributed by atoms with Crippen molar-refractivity contribution in [2.24, 2.45) is 0 Å². The number of sulfonamides is 1. The molecule has 1 fully saturated rings. The second-order valence-electron chi connectivity index (χ2n) is 4.10. The summed E-state index contributed by atoms with van der Waals surface area (Å²) in [5, 5.41) is 0. The van der Waals surface area contributed by atoms with Gasteiger partial charge in [-0.15, -0.1) is 0 Å². The van der Waals surface area contributed by atoms with Gasteiger partial charge in [-0.2, -0.15) is 8.42 Å². The van der Waals surface area contributed by atoms with Crippen LogP contribution in [0, 0.1) is 0 Å². The Balaban J connectivity index is 2.20. The van der Waals surface area contributed by atoms with E-state index in [1.54, 1.807) is 12.1 Å². The highest BCUT2D eigenvalue weighted by Gasteiger charge is 2.28. The van der Waals surface area contributed by atoms with Gasteiger partial charge in [-0.05, 0) is 30.7 Å². The molecule has 0 saturated carbocycles. The maximum atomic E-state index is 11.7. The number of nitrogens with zero attached hydrogens (tertiary/aromatic N) is 1. The fourth-order valence-electron chi connectivity index (χ4n) is 1.83. The minimum absolute atomic E-state index is 0.154. The van der Waals surface area contributed by atoms with E-state index in [1.807, 2.05) is 0 Å². The van der Waals surface area contributed by atoms with Gasteiger partial charge in [0.25, 0.3) is 10.2 Å². The summed E-state index contributed by atoms with van der Waals surface area (Å²) in [6.45, 7) is 0.462. The van der Waals surface area contributed by atoms with E-state index in [9.17, 15) is 16.8 Å². The molecule has 1 aliphatic heterocycles. The summed E-state index contributed by atoms with van der Waals surface area (Å²) in [4.78, 5) is 0. The van der Waals surface area contributed by atoms with Crippen molar-refractivity contribution in [1.82, 2.24) is 4.72 Å². The van der Waals surface area contributed by atoms with Gasteiger partial charge in [0.15, 0.2) is 0 Å². The summed E-state index contributed by atoms with van der Waals surface area (Å²) in [6.07, 6.45) is 0.608. The maximum Gasteiger partial charge on any atom is 0.298 e. The third kappa shape index (κ3) is 3.17. The van der Waals surface area contributed by atoms with Crippen LogP contribution in [0.3, 0.4) is 0 Å². The molecule has 0 amide bonds. The molecule has 2 N–H and O–H groups in total. The Morgan fingerprint density at radius 2 is 1.84 bits per heavy atom. The molecule has 0 aliphatic carbocycles. The van der Waals surface area contributed by atoms with Crippen LogP contribution < -0.4 is 13.7 Å². The van der Waals surface area contributed by atoms with E-state index in [1.165, 1.54) is 23.5 Å². The Morgan fingerprint density at radius 1 is 1.21 bits per heavy atom. The third-order valence-electron chi connectivity index (χ3n) is 2.78. The lowest BCUT2D eigenvalue weighted by atomic mass is 10.3. The summed E-state index contributed by atoms with van der Waals surface area (Å²) >= 11 is 0. The van der Waals surface area contributed by atoms with Crippen molar-refractivity contribution >= 4 is 31.6 Å². The minimum Gasteiger partial charge on any atom is -0.271 e. The first-order valence-electron chi connectivity index (χ1n) is 5.66. The van der Waals surface area contributed by atoms with Crippen molar-refractivity contribution in [1.29, 1.82) is 0 Å². The lowest BCUT2D eigenvalue weighted by Gasteiger charge is -2.17. The highest BCUT2D eigenvalue weighted by atomic mass is 32.2. The highest BCUT2D eigenvalue weighted by molar-refractivity contribution is 7.93. The van der Waals surface area contributed by atoms with Crippen molar-refractivity contribution in [3.05, 3.63) is 24.3 Å². The third-order valence-corrected chi connectivity index (χ3v) is 5.69. The second-order valence-corrected chi connectivity index (χ2v) is 7.73. The average Bonchev–Trinajstić information content (AvgIpc) is 2.70. The number of rotatable bonds is 4. The van der Waals surface area contributed by atoms with Crippen LogP contribution in [0.2, 0.25) is 0 Å². The molecule has 9 heteroatoms. The molecule has 1 aromatic rings. The fourth-order valence-corrected chi connectivity index (χ4v) is 3.94. The first-order chi connectivity index (χ1) is 8.84. The molecule has 0 unspecified atom stereocenters. The Labute approximate surface area is 112 Å². The van der Waals surface area contributed by atoms with Gasteiger partial charge in [0.2, 0.25) is 10.0 Å². The van der Waals surface area contributed by atoms with E-state index in [4.69, 9.17) is 0 Å². The molecule has 1 saturated heterocycles. The van der Waals surface area contributed by atoms with Crippen LogP contribution in [0.1, 0.15) is 6.42 Å². The fraction of sp³-hybridized carbons (Fsp3) is 0.400. The van der Waals surface area contributed by atoms with Crippen molar-refractivity contribution in [3.63, 3.8) is 0 Å². The zero-order valence-corrected chi connectivity index (χ0v) is 12.0. The summed E-state index contributed by atoms with van der Waals surface area (Å²) in [7, 11) is -5.47. The molecule has 7 nitrogen and oxygen atoms in total. The smallest absolute Gasteiger partial charge is 0.271 e. The van der Waals surface area contributed by atoms with Crippen molar-refractivity contribution < 1.29 is 16.8 Å². The zero-order valence-electron chi connectivity index (χ0n) is 10.3. The summed E-state index contributed by atoms with van der Waals surface area (Å²) in [6, 6.07) is 6.21. The monoisotopic (exact) mass is 305 g/mol. The molecular formula is C10H15N3O4S2. The first-order valence-corrected chi connectivity index (χ1v) is 8.75. The van der Waals surface area contributed by atoms with E-state index < -0.39 is 20.2 Å². The van der Waals surface area contributed by atoms with Crippen molar-refractivity contribution in [3.8, 4) is 0 Å². The number of anilines is 2. The van der Waals surface area contributed by atoms with Crippen molar-refractivity contribution in [2.75, 3.05) is 28.4 Å². The van der Waals surface area contributed by atoms with E-state index in [2.05, 4.69) is 9.44 Å². The summed E-state index contributed by atoms with van der Waals surface area (Å²) in [5.74, 6) is 0.154. The molecule has 1 heterocycles. The Kier molecular flexibility index (Phi) is 3.70. The lowest BCUT2D eigenvalue weighted by molar-refractivity contribution is 0.593. The van der Waals surface area contributed by atoms with Gasteiger partial charge in [-0.1, -0.05) is 0 Å². The van der Waals surface area contributed by atoms with E-state index in [-0.39, 0.29) is 5.75 Å². The quantitative estimate of drug-likeness (QED) is 0.825. The van der Waals surface area contributed by atoms with Crippen LogP contribution >= 0.6 is 0 Å². The Hall–Kier alpha value is -1.32. The zero-order chi connectivity index (χ0) is 14.1. The van der Waals surface area contributed by atoms with Gasteiger partial charge >= 0.3 is 0 Å². The standard InChI is InChI=1S/C10H15N3O4S2/c1-11-19(16,17)12-9-3-5-10(6-4-9)13-7-2-8-18(13,14)15/h3-6,11-12H,2,7-8H2,1H3. The molecule has 1 aromatic carbocycles. The Morgan fingerprint density at radius 3 is 2.32 bits per heavy atom. The molecule has 0 spiro atoms. The number of nitrogens with one attached hydrogen (secondary N) is 2. The van der Waals surface area contributed by atoms with Gasteiger partial charge in [0.05, 0.1) is 11.4 Å². The van der Waals surface area contributed by atoms with E-state index in [0.717, 1.165) is 0 Å². The minimum atomic E-state index is -3.56. The Bertz CT molecular complexity index is 653.